The highest BCUT2D eigenvalue weighted by molar-refractivity contribution is 5.88. The minimum absolute atomic E-state index is 0.0442. The van der Waals surface area contributed by atoms with Gasteiger partial charge in [-0.25, -0.2) is 4.42 Å². The summed E-state index contributed by atoms with van der Waals surface area (Å²) in [5, 5.41) is 70.0. The number of phenols is 3. The Morgan fingerprint density at radius 2 is 1.67 bits per heavy atom. The Hall–Kier alpha value is -3.35. The first kappa shape index (κ1) is 22.8. The number of hydrogen-bond donors (Lipinski definition) is 7. The predicted molar refractivity (Wildman–Crippen MR) is 112 cm³/mol. The Balaban J connectivity index is 1.84. The van der Waals surface area contributed by atoms with Crippen LogP contribution in [0.25, 0.3) is 22.3 Å². The van der Waals surface area contributed by atoms with E-state index in [1.165, 1.54) is 37.4 Å². The number of aliphatic hydroxyl groups excluding tert-OH is 4. The van der Waals surface area contributed by atoms with Gasteiger partial charge in [-0.3, -0.25) is 0 Å². The van der Waals surface area contributed by atoms with Crippen LogP contribution in [-0.2, 0) is 4.74 Å². The van der Waals surface area contributed by atoms with E-state index in [1.807, 2.05) is 0 Å². The molecule has 7 N–H and O–H groups in total. The molecule has 1 fully saturated rings. The molecule has 11 nitrogen and oxygen atoms in total. The van der Waals surface area contributed by atoms with E-state index in [4.69, 9.17) is 18.6 Å². The molecule has 0 saturated carbocycles. The van der Waals surface area contributed by atoms with Crippen LogP contribution in [0.15, 0.2) is 40.8 Å². The molecule has 0 bridgehead atoms. The first-order valence-electron chi connectivity index (χ1n) is 9.91. The zero-order chi connectivity index (χ0) is 23.9. The van der Waals surface area contributed by atoms with Gasteiger partial charge < -0.3 is 50.0 Å². The Morgan fingerprint density at radius 3 is 2.36 bits per heavy atom. The summed E-state index contributed by atoms with van der Waals surface area (Å²) < 4.78 is 22.2. The van der Waals surface area contributed by atoms with E-state index in [-0.39, 0.29) is 45.5 Å². The van der Waals surface area contributed by atoms with Gasteiger partial charge in [0.25, 0.3) is 0 Å². The van der Waals surface area contributed by atoms with Crippen molar-refractivity contribution < 1.29 is 54.4 Å². The zero-order valence-electron chi connectivity index (χ0n) is 17.3. The lowest BCUT2D eigenvalue weighted by Gasteiger charge is -2.39. The third kappa shape index (κ3) is 4.19. The number of aliphatic hydroxyl groups is 4. The fourth-order valence-corrected chi connectivity index (χ4v) is 3.58. The summed E-state index contributed by atoms with van der Waals surface area (Å²) in [7, 11) is 1.36. The van der Waals surface area contributed by atoms with Gasteiger partial charge >= 0.3 is 11.3 Å². The fraction of sp³-hybridized carbons (Fsp3) is 0.318. The van der Waals surface area contributed by atoms with Gasteiger partial charge in [0.1, 0.15) is 41.3 Å². The van der Waals surface area contributed by atoms with Crippen molar-refractivity contribution in [1.29, 1.82) is 0 Å². The highest BCUT2D eigenvalue weighted by Crippen LogP contribution is 2.42. The average Bonchev–Trinajstić information content (AvgIpc) is 2.79. The molecule has 3 unspecified atom stereocenters. The second kappa shape index (κ2) is 8.89. The summed E-state index contributed by atoms with van der Waals surface area (Å²) in [6.07, 6.45) is -7.65. The van der Waals surface area contributed by atoms with Crippen LogP contribution in [0.3, 0.4) is 0 Å². The summed E-state index contributed by atoms with van der Waals surface area (Å²) in [5.74, 6) is -0.583. The standard InChI is InChI=1S/C22H22O11/c1-30-15-4-9(2-3-12(15)25)21-16(7-11-13(26)5-10(24)6-14(11)31-21)32-22-20(29)19(28)18(27)17(8-23)33-22/h2-7,17-20,22-23,27-29H,8H2,1H3,(H2-,24,25,26)/p+1/t17?,18-,19?,20?,22+/m0/s1. The van der Waals surface area contributed by atoms with E-state index in [0.29, 0.717) is 5.56 Å². The number of methoxy groups -OCH3 is 1. The van der Waals surface area contributed by atoms with E-state index in [2.05, 4.69) is 0 Å². The number of rotatable bonds is 5. The monoisotopic (exact) mass is 463 g/mol. The van der Waals surface area contributed by atoms with Crippen molar-refractivity contribution >= 4 is 11.0 Å². The molecule has 5 atom stereocenters. The second-order valence-corrected chi connectivity index (χ2v) is 7.52. The van der Waals surface area contributed by atoms with Gasteiger partial charge in [0, 0.05) is 18.2 Å². The topological polar surface area (TPSA) is 181 Å². The van der Waals surface area contributed by atoms with Gasteiger partial charge in [0.05, 0.1) is 25.3 Å². The van der Waals surface area contributed by atoms with Crippen LogP contribution < -0.4 is 9.47 Å². The molecular weight excluding hydrogens is 440 g/mol. The van der Waals surface area contributed by atoms with Crippen LogP contribution in [0.5, 0.6) is 28.7 Å². The second-order valence-electron chi connectivity index (χ2n) is 7.52. The van der Waals surface area contributed by atoms with Crippen molar-refractivity contribution in [2.75, 3.05) is 13.7 Å². The highest BCUT2D eigenvalue weighted by Gasteiger charge is 2.45. The molecule has 2 aromatic carbocycles. The largest absolute Gasteiger partial charge is 0.507 e. The molecule has 3 aromatic rings. The maximum atomic E-state index is 10.4. The Morgan fingerprint density at radius 1 is 0.909 bits per heavy atom. The minimum atomic E-state index is -1.69. The molecule has 176 valence electrons. The first-order valence-corrected chi connectivity index (χ1v) is 9.91. The number of benzene rings is 2. The Labute approximate surface area is 186 Å². The lowest BCUT2D eigenvalue weighted by atomic mass is 9.99. The number of ether oxygens (including phenoxy) is 3. The number of fused-ring (bicyclic) bond motifs is 1. The molecule has 11 heteroatoms. The van der Waals surface area contributed by atoms with Crippen LogP contribution in [-0.4, -0.2) is 80.2 Å². The number of hydrogen-bond acceptors (Lipinski definition) is 10. The molecule has 1 aromatic heterocycles. The van der Waals surface area contributed by atoms with Crippen molar-refractivity contribution in [2.24, 2.45) is 0 Å². The van der Waals surface area contributed by atoms with Crippen molar-refractivity contribution in [3.63, 3.8) is 0 Å². The normalized spacial score (nSPS) is 25.2. The van der Waals surface area contributed by atoms with Crippen molar-refractivity contribution in [1.82, 2.24) is 0 Å². The minimum Gasteiger partial charge on any atom is -0.507 e. The first-order chi connectivity index (χ1) is 15.7. The number of phenolic OH excluding ortho intramolecular Hbond substituents is 3. The maximum absolute atomic E-state index is 10.4. The smallest absolute Gasteiger partial charge is 0.402 e. The molecule has 2 heterocycles. The third-order valence-electron chi connectivity index (χ3n) is 5.35. The van der Waals surface area contributed by atoms with E-state index >= 15 is 0 Å². The van der Waals surface area contributed by atoms with Gasteiger partial charge in [-0.1, -0.05) is 0 Å². The van der Waals surface area contributed by atoms with E-state index in [1.54, 1.807) is 0 Å². The molecular formula is C22H23O11+. The van der Waals surface area contributed by atoms with Crippen LogP contribution in [0.1, 0.15) is 0 Å². The van der Waals surface area contributed by atoms with Crippen molar-refractivity contribution in [3.05, 3.63) is 36.4 Å². The van der Waals surface area contributed by atoms with E-state index < -0.39 is 37.3 Å². The molecule has 0 aliphatic carbocycles. The van der Waals surface area contributed by atoms with Crippen LogP contribution in [0, 0.1) is 0 Å². The summed E-state index contributed by atoms with van der Waals surface area (Å²) >= 11 is 0. The van der Waals surface area contributed by atoms with E-state index in [0.717, 1.165) is 6.07 Å². The lowest BCUT2D eigenvalue weighted by molar-refractivity contribution is -0.277. The van der Waals surface area contributed by atoms with Gasteiger partial charge in [-0.15, -0.1) is 0 Å². The van der Waals surface area contributed by atoms with Crippen molar-refractivity contribution in [2.45, 2.75) is 30.7 Å². The number of aromatic hydroxyl groups is 3. The van der Waals surface area contributed by atoms with E-state index in [9.17, 15) is 35.7 Å². The SMILES string of the molecule is COc1cc(-c2[o+]c3cc(O)cc(O)c3cc2O[C@@H]2OC(CO)[C@H](O)C(O)C2O)ccc1O. The van der Waals surface area contributed by atoms with Gasteiger partial charge in [-0.05, 0) is 12.1 Å². The molecule has 1 saturated heterocycles. The van der Waals surface area contributed by atoms with Crippen molar-refractivity contribution in [3.8, 4) is 40.1 Å². The van der Waals surface area contributed by atoms with Gasteiger partial charge in [0.2, 0.25) is 12.0 Å². The molecule has 0 radical (unpaired) electrons. The molecule has 33 heavy (non-hydrogen) atoms. The van der Waals surface area contributed by atoms with Crippen LogP contribution in [0.2, 0.25) is 0 Å². The summed E-state index contributed by atoms with van der Waals surface area (Å²) in [6, 6.07) is 8.02. The van der Waals surface area contributed by atoms with Gasteiger partial charge in [0.15, 0.2) is 11.5 Å². The highest BCUT2D eigenvalue weighted by atomic mass is 16.7. The quantitative estimate of drug-likeness (QED) is 0.264. The molecule has 0 amide bonds. The lowest BCUT2D eigenvalue weighted by Crippen LogP contribution is -2.60. The third-order valence-corrected chi connectivity index (χ3v) is 5.35. The summed E-state index contributed by atoms with van der Waals surface area (Å²) in [5.41, 5.74) is 0.449. The zero-order valence-corrected chi connectivity index (χ0v) is 17.3. The summed E-state index contributed by atoms with van der Waals surface area (Å²) in [4.78, 5) is 0. The molecule has 1 aliphatic rings. The summed E-state index contributed by atoms with van der Waals surface area (Å²) in [6.45, 7) is -0.644. The predicted octanol–water partition coefficient (Wildman–Crippen LogP) is 0.685. The fourth-order valence-electron chi connectivity index (χ4n) is 3.58. The Kier molecular flexibility index (Phi) is 6.15. The average molecular weight is 463 g/mol. The van der Waals surface area contributed by atoms with Gasteiger partial charge in [-0.2, -0.15) is 0 Å². The van der Waals surface area contributed by atoms with Crippen LogP contribution in [0.4, 0.5) is 0 Å². The van der Waals surface area contributed by atoms with Crippen LogP contribution >= 0.6 is 0 Å². The molecule has 1 aliphatic heterocycles. The molecule has 0 spiro atoms. The Bertz CT molecular complexity index is 1160. The molecule has 4 rings (SSSR count). The maximum Gasteiger partial charge on any atom is 0.402 e.